The van der Waals surface area contributed by atoms with Crippen molar-refractivity contribution in [2.24, 2.45) is 11.7 Å². The zero-order valence-corrected chi connectivity index (χ0v) is 11.3. The highest BCUT2D eigenvalue weighted by molar-refractivity contribution is 5.37. The molecule has 2 rings (SSSR count). The van der Waals surface area contributed by atoms with Crippen LogP contribution < -0.4 is 11.1 Å². The van der Waals surface area contributed by atoms with Crippen LogP contribution in [0.2, 0.25) is 0 Å². The van der Waals surface area contributed by atoms with Crippen LogP contribution in [0.1, 0.15) is 37.7 Å². The first-order valence-corrected chi connectivity index (χ1v) is 7.00. The van der Waals surface area contributed by atoms with Crippen molar-refractivity contribution in [3.63, 3.8) is 0 Å². The van der Waals surface area contributed by atoms with Crippen molar-refractivity contribution in [3.8, 4) is 0 Å². The van der Waals surface area contributed by atoms with Gasteiger partial charge in [0.1, 0.15) is 5.82 Å². The third-order valence-electron chi connectivity index (χ3n) is 3.90. The summed E-state index contributed by atoms with van der Waals surface area (Å²) in [7, 11) is 0. The van der Waals surface area contributed by atoms with Crippen LogP contribution in [0.25, 0.3) is 0 Å². The molecular formula is C14H20F3N3. The van der Waals surface area contributed by atoms with E-state index in [1.54, 1.807) is 0 Å². The maximum atomic E-state index is 12.5. The van der Waals surface area contributed by atoms with Gasteiger partial charge in [0.2, 0.25) is 0 Å². The van der Waals surface area contributed by atoms with Crippen LogP contribution in [0, 0.1) is 5.92 Å². The number of nitrogens with two attached hydrogens (primary N) is 1. The molecule has 0 amide bonds. The molecule has 1 unspecified atom stereocenters. The van der Waals surface area contributed by atoms with Crippen molar-refractivity contribution in [1.29, 1.82) is 0 Å². The third kappa shape index (κ3) is 3.85. The van der Waals surface area contributed by atoms with Gasteiger partial charge < -0.3 is 11.1 Å². The molecule has 0 aliphatic heterocycles. The fourth-order valence-corrected chi connectivity index (χ4v) is 2.74. The maximum Gasteiger partial charge on any atom is 0.417 e. The quantitative estimate of drug-likeness (QED) is 0.892. The Morgan fingerprint density at radius 1 is 1.25 bits per heavy atom. The van der Waals surface area contributed by atoms with Gasteiger partial charge in [0.25, 0.3) is 0 Å². The maximum absolute atomic E-state index is 12.5. The first-order valence-electron chi connectivity index (χ1n) is 7.00. The number of alkyl halides is 3. The first-order chi connectivity index (χ1) is 9.50. The largest absolute Gasteiger partial charge is 0.417 e. The number of pyridine rings is 1. The summed E-state index contributed by atoms with van der Waals surface area (Å²) in [6, 6.07) is 2.50. The van der Waals surface area contributed by atoms with Crippen LogP contribution in [0.3, 0.4) is 0 Å². The summed E-state index contributed by atoms with van der Waals surface area (Å²) in [6.07, 6.45) is 2.41. The van der Waals surface area contributed by atoms with Crippen LogP contribution in [0.15, 0.2) is 18.3 Å². The monoisotopic (exact) mass is 287 g/mol. The standard InChI is InChI=1S/C14H20F3N3/c15-14(16,17)11-6-7-13(19-9-11)20-12(8-18)10-4-2-1-3-5-10/h6-7,9-10,12H,1-5,8,18H2,(H,19,20). The number of nitrogens with zero attached hydrogens (tertiary/aromatic N) is 1. The Bertz CT molecular complexity index is 411. The summed E-state index contributed by atoms with van der Waals surface area (Å²) in [5.41, 5.74) is 5.05. The summed E-state index contributed by atoms with van der Waals surface area (Å²) in [5, 5.41) is 3.17. The Balaban J connectivity index is 2.00. The topological polar surface area (TPSA) is 50.9 Å². The van der Waals surface area contributed by atoms with Crippen molar-refractivity contribution in [2.45, 2.75) is 44.3 Å². The Hall–Kier alpha value is -1.30. The smallest absolute Gasteiger partial charge is 0.366 e. The molecule has 0 radical (unpaired) electrons. The number of nitrogens with one attached hydrogen (secondary N) is 1. The number of hydrogen-bond acceptors (Lipinski definition) is 3. The molecule has 0 saturated heterocycles. The van der Waals surface area contributed by atoms with E-state index >= 15 is 0 Å². The van der Waals surface area contributed by atoms with E-state index in [4.69, 9.17) is 5.73 Å². The fraction of sp³-hybridized carbons (Fsp3) is 0.643. The molecule has 1 aliphatic rings. The average Bonchev–Trinajstić information content (AvgIpc) is 2.45. The van der Waals surface area contributed by atoms with E-state index in [-0.39, 0.29) is 6.04 Å². The first kappa shape index (κ1) is 15.1. The van der Waals surface area contributed by atoms with E-state index in [0.717, 1.165) is 25.1 Å². The predicted octanol–water partition coefficient (Wildman–Crippen LogP) is 3.42. The van der Waals surface area contributed by atoms with E-state index in [9.17, 15) is 13.2 Å². The highest BCUT2D eigenvalue weighted by atomic mass is 19.4. The molecule has 0 spiro atoms. The van der Waals surface area contributed by atoms with Crippen molar-refractivity contribution in [2.75, 3.05) is 11.9 Å². The second-order valence-corrected chi connectivity index (χ2v) is 5.31. The molecule has 1 fully saturated rings. The normalized spacial score (nSPS) is 18.8. The number of hydrogen-bond donors (Lipinski definition) is 2. The molecule has 3 nitrogen and oxygen atoms in total. The van der Waals surface area contributed by atoms with Gasteiger partial charge in [0, 0.05) is 18.8 Å². The van der Waals surface area contributed by atoms with Gasteiger partial charge in [-0.25, -0.2) is 4.98 Å². The Kier molecular flexibility index (Phi) is 4.86. The minimum atomic E-state index is -4.35. The van der Waals surface area contributed by atoms with E-state index < -0.39 is 11.7 Å². The molecular weight excluding hydrogens is 267 g/mol. The summed E-state index contributed by atoms with van der Waals surface area (Å²) >= 11 is 0. The lowest BCUT2D eigenvalue weighted by molar-refractivity contribution is -0.137. The Morgan fingerprint density at radius 3 is 2.45 bits per heavy atom. The summed E-state index contributed by atoms with van der Waals surface area (Å²) in [6.45, 7) is 0.466. The van der Waals surface area contributed by atoms with Gasteiger partial charge in [-0.1, -0.05) is 19.3 Å². The molecule has 20 heavy (non-hydrogen) atoms. The molecule has 0 aromatic carbocycles. The molecule has 0 bridgehead atoms. The van der Waals surface area contributed by atoms with Crippen molar-refractivity contribution >= 4 is 5.82 Å². The number of anilines is 1. The lowest BCUT2D eigenvalue weighted by Crippen LogP contribution is -2.37. The average molecular weight is 287 g/mol. The van der Waals surface area contributed by atoms with Gasteiger partial charge in [0.15, 0.2) is 0 Å². The molecule has 6 heteroatoms. The van der Waals surface area contributed by atoms with Crippen molar-refractivity contribution < 1.29 is 13.2 Å². The molecule has 1 aromatic heterocycles. The molecule has 1 aromatic rings. The number of halogens is 3. The fourth-order valence-electron chi connectivity index (χ4n) is 2.74. The van der Waals surface area contributed by atoms with Gasteiger partial charge in [-0.15, -0.1) is 0 Å². The van der Waals surface area contributed by atoms with Crippen LogP contribution in [0.5, 0.6) is 0 Å². The molecule has 112 valence electrons. The number of rotatable bonds is 4. The Morgan fingerprint density at radius 2 is 1.95 bits per heavy atom. The molecule has 1 aliphatic carbocycles. The second kappa shape index (κ2) is 6.43. The van der Waals surface area contributed by atoms with Gasteiger partial charge in [0.05, 0.1) is 5.56 Å². The second-order valence-electron chi connectivity index (χ2n) is 5.31. The summed E-state index contributed by atoms with van der Waals surface area (Å²) in [4.78, 5) is 3.84. The highest BCUT2D eigenvalue weighted by Crippen LogP contribution is 2.30. The minimum Gasteiger partial charge on any atom is -0.366 e. The van der Waals surface area contributed by atoms with Gasteiger partial charge >= 0.3 is 6.18 Å². The van der Waals surface area contributed by atoms with Gasteiger partial charge in [-0.2, -0.15) is 13.2 Å². The molecule has 3 N–H and O–H groups in total. The van der Waals surface area contributed by atoms with Crippen LogP contribution in [-0.4, -0.2) is 17.6 Å². The third-order valence-corrected chi connectivity index (χ3v) is 3.90. The predicted molar refractivity (Wildman–Crippen MR) is 72.3 cm³/mol. The van der Waals surface area contributed by atoms with E-state index in [1.807, 2.05) is 0 Å². The molecule has 1 saturated carbocycles. The van der Waals surface area contributed by atoms with Crippen LogP contribution in [0.4, 0.5) is 19.0 Å². The lowest BCUT2D eigenvalue weighted by atomic mass is 9.84. The zero-order valence-electron chi connectivity index (χ0n) is 11.3. The van der Waals surface area contributed by atoms with Crippen molar-refractivity contribution in [3.05, 3.63) is 23.9 Å². The number of aromatic nitrogens is 1. The summed E-state index contributed by atoms with van der Waals surface area (Å²) in [5.74, 6) is 0.942. The van der Waals surface area contributed by atoms with Crippen molar-refractivity contribution in [1.82, 2.24) is 4.98 Å². The Labute approximate surface area is 116 Å². The lowest BCUT2D eigenvalue weighted by Gasteiger charge is -2.30. The van der Waals surface area contributed by atoms with Crippen LogP contribution >= 0.6 is 0 Å². The van der Waals surface area contributed by atoms with Gasteiger partial charge in [-0.05, 0) is 30.9 Å². The molecule has 1 atom stereocenters. The zero-order chi connectivity index (χ0) is 14.6. The minimum absolute atomic E-state index is 0.0829. The SMILES string of the molecule is NCC(Nc1ccc(C(F)(F)F)cn1)C1CCCCC1. The highest BCUT2D eigenvalue weighted by Gasteiger charge is 2.31. The van der Waals surface area contributed by atoms with Gasteiger partial charge in [-0.3, -0.25) is 0 Å². The van der Waals surface area contributed by atoms with E-state index in [1.165, 1.54) is 25.3 Å². The summed E-state index contributed by atoms with van der Waals surface area (Å²) < 4.78 is 37.4. The van der Waals surface area contributed by atoms with Crippen LogP contribution in [-0.2, 0) is 6.18 Å². The van der Waals surface area contributed by atoms with E-state index in [0.29, 0.717) is 18.3 Å². The molecule has 1 heterocycles. The van der Waals surface area contributed by atoms with E-state index in [2.05, 4.69) is 10.3 Å².